The van der Waals surface area contributed by atoms with Gasteiger partial charge in [-0.05, 0) is 72.1 Å². The van der Waals surface area contributed by atoms with Crippen molar-refractivity contribution in [1.82, 2.24) is 24.0 Å². The Balaban J connectivity index is 1.83. The number of amides is 1. The highest BCUT2D eigenvalue weighted by Crippen LogP contribution is 2.44. The number of benzene rings is 1. The minimum Gasteiger partial charge on any atom is -0.396 e. The van der Waals surface area contributed by atoms with Crippen LogP contribution in [0.2, 0.25) is 0 Å². The molecule has 0 unspecified atom stereocenters. The van der Waals surface area contributed by atoms with Crippen LogP contribution >= 0.6 is 0 Å². The number of carbonyl (C=O) groups is 1. The molecule has 0 spiro atoms. The van der Waals surface area contributed by atoms with Gasteiger partial charge in [0.25, 0.3) is 5.91 Å². The average molecular weight is 552 g/mol. The summed E-state index contributed by atoms with van der Waals surface area (Å²) in [6, 6.07) is 9.53. The minimum atomic E-state index is -1.31. The highest BCUT2D eigenvalue weighted by Gasteiger charge is 2.40. The van der Waals surface area contributed by atoms with E-state index in [0.717, 1.165) is 35.3 Å². The summed E-state index contributed by atoms with van der Waals surface area (Å²) in [4.78, 5) is 24.7. The molecule has 2 aliphatic rings. The zero-order valence-corrected chi connectivity index (χ0v) is 24.8. The Morgan fingerprint density at radius 1 is 1.18 bits per heavy atom. The van der Waals surface area contributed by atoms with Crippen LogP contribution < -0.4 is 0 Å². The molecule has 0 radical (unpaired) electrons. The summed E-state index contributed by atoms with van der Waals surface area (Å²) in [5, 5.41) is 10.0. The van der Waals surface area contributed by atoms with E-state index in [1.807, 2.05) is 79.3 Å². The number of aromatic nitrogens is 1. The van der Waals surface area contributed by atoms with Gasteiger partial charge in [-0.1, -0.05) is 24.0 Å². The van der Waals surface area contributed by atoms with Gasteiger partial charge in [0.2, 0.25) is 0 Å². The summed E-state index contributed by atoms with van der Waals surface area (Å²) in [7, 11) is 4.72. The van der Waals surface area contributed by atoms with Gasteiger partial charge >= 0.3 is 0 Å². The number of piperazine rings is 1. The lowest BCUT2D eigenvalue weighted by Crippen LogP contribution is -2.47. The fourth-order valence-corrected chi connectivity index (χ4v) is 6.42. The first-order valence-corrected chi connectivity index (χ1v) is 14.7. The van der Waals surface area contributed by atoms with Gasteiger partial charge in [-0.15, -0.1) is 0 Å². The Bertz CT molecular complexity index is 1290. The number of rotatable bonds is 6. The number of nitrogens with zero attached hydrogens (tertiary/aromatic N) is 5. The Labute approximate surface area is 235 Å². The van der Waals surface area contributed by atoms with Gasteiger partial charge in [-0.3, -0.25) is 9.69 Å². The molecule has 0 saturated carbocycles. The summed E-state index contributed by atoms with van der Waals surface area (Å²) in [5.41, 5.74) is 4.72. The third-order valence-corrected chi connectivity index (χ3v) is 8.92. The first kappa shape index (κ1) is 29.4. The number of hydrogen-bond acceptors (Lipinski definition) is 6. The van der Waals surface area contributed by atoms with Crippen molar-refractivity contribution >= 4 is 16.9 Å². The lowest BCUT2D eigenvalue weighted by molar-refractivity contribution is 0.0658. The molecule has 0 aliphatic carbocycles. The molecule has 210 valence electrons. The van der Waals surface area contributed by atoms with Crippen LogP contribution in [0.25, 0.3) is 11.3 Å². The fourth-order valence-electron chi connectivity index (χ4n) is 5.01. The molecule has 4 rings (SSSR count). The van der Waals surface area contributed by atoms with Crippen LogP contribution in [-0.4, -0.2) is 104 Å². The van der Waals surface area contributed by atoms with Crippen LogP contribution in [0, 0.1) is 11.8 Å². The monoisotopic (exact) mass is 551 g/mol. The third kappa shape index (κ3) is 6.76. The van der Waals surface area contributed by atoms with E-state index in [1.54, 1.807) is 0 Å². The second-order valence-corrected chi connectivity index (χ2v) is 13.8. The molecule has 1 N–H and O–H groups in total. The molecule has 2 aromatic rings. The van der Waals surface area contributed by atoms with Crippen LogP contribution in [-0.2, 0) is 17.5 Å². The number of aliphatic hydroxyl groups is 1. The molecule has 0 bridgehead atoms. The van der Waals surface area contributed by atoms with E-state index in [4.69, 9.17) is 4.98 Å². The Hall–Kier alpha value is -2.61. The highest BCUT2D eigenvalue weighted by molar-refractivity contribution is 7.84. The zero-order valence-electron chi connectivity index (χ0n) is 24.0. The summed E-state index contributed by atoms with van der Waals surface area (Å²) < 4.78 is 15.1. The van der Waals surface area contributed by atoms with Crippen molar-refractivity contribution < 1.29 is 14.1 Å². The van der Waals surface area contributed by atoms with E-state index in [1.165, 1.54) is 0 Å². The van der Waals surface area contributed by atoms with Gasteiger partial charge in [0.15, 0.2) is 0 Å². The SMILES string of the molecule is CN(C)CC#Cc1cccc(-c2nc(C(=O)N3CCN(C)CC3)cc3c2[C@H](CCO)N([S@@](=O)C(C)(C)C)C3)c1. The molecule has 3 heterocycles. The van der Waals surface area contributed by atoms with Crippen molar-refractivity contribution in [3.05, 3.63) is 52.7 Å². The lowest BCUT2D eigenvalue weighted by atomic mass is 9.95. The molecule has 1 amide bonds. The van der Waals surface area contributed by atoms with Gasteiger partial charge < -0.3 is 14.9 Å². The topological polar surface area (TPSA) is 80.2 Å². The quantitative estimate of drug-likeness (QED) is 0.557. The van der Waals surface area contributed by atoms with E-state index in [2.05, 4.69) is 23.8 Å². The predicted octanol–water partition coefficient (Wildman–Crippen LogP) is 2.75. The molecule has 9 heteroatoms. The second kappa shape index (κ2) is 12.3. The fraction of sp³-hybridized carbons (Fsp3) is 0.533. The van der Waals surface area contributed by atoms with Crippen molar-refractivity contribution in [2.24, 2.45) is 0 Å². The van der Waals surface area contributed by atoms with Crippen LogP contribution in [0.15, 0.2) is 30.3 Å². The van der Waals surface area contributed by atoms with Gasteiger partial charge in [0.05, 0.1) is 23.0 Å². The lowest BCUT2D eigenvalue weighted by Gasteiger charge is -2.32. The highest BCUT2D eigenvalue weighted by atomic mass is 32.2. The van der Waals surface area contributed by atoms with Crippen LogP contribution in [0.3, 0.4) is 0 Å². The molecule has 1 fully saturated rings. The maximum Gasteiger partial charge on any atom is 0.272 e. The van der Waals surface area contributed by atoms with E-state index in [9.17, 15) is 14.1 Å². The van der Waals surface area contributed by atoms with E-state index < -0.39 is 15.7 Å². The summed E-state index contributed by atoms with van der Waals surface area (Å²) in [6.45, 7) is 9.89. The van der Waals surface area contributed by atoms with Crippen LogP contribution in [0.1, 0.15) is 60.4 Å². The van der Waals surface area contributed by atoms with E-state index in [-0.39, 0.29) is 18.6 Å². The maximum absolute atomic E-state index is 13.6. The second-order valence-electron chi connectivity index (χ2n) is 11.6. The van der Waals surface area contributed by atoms with Crippen molar-refractivity contribution in [1.29, 1.82) is 0 Å². The van der Waals surface area contributed by atoms with E-state index in [0.29, 0.717) is 44.0 Å². The van der Waals surface area contributed by atoms with E-state index >= 15 is 0 Å². The summed E-state index contributed by atoms with van der Waals surface area (Å²) >= 11 is 0. The van der Waals surface area contributed by atoms with Crippen LogP contribution in [0.5, 0.6) is 0 Å². The Morgan fingerprint density at radius 3 is 2.54 bits per heavy atom. The first-order valence-electron chi connectivity index (χ1n) is 13.5. The molecule has 39 heavy (non-hydrogen) atoms. The van der Waals surface area contributed by atoms with Gasteiger partial charge in [0, 0.05) is 56.0 Å². The van der Waals surface area contributed by atoms with Crippen molar-refractivity contribution in [2.45, 2.75) is 44.5 Å². The Morgan fingerprint density at radius 2 is 1.90 bits per heavy atom. The molecule has 1 saturated heterocycles. The van der Waals surface area contributed by atoms with Gasteiger partial charge in [-0.2, -0.15) is 0 Å². The average Bonchev–Trinajstić information content (AvgIpc) is 3.25. The summed E-state index contributed by atoms with van der Waals surface area (Å²) in [6.07, 6.45) is 0.428. The van der Waals surface area contributed by atoms with Gasteiger partial charge in [0.1, 0.15) is 16.7 Å². The normalized spacial score (nSPS) is 19.1. The molecular weight excluding hydrogens is 510 g/mol. The maximum atomic E-state index is 13.6. The molecule has 2 atom stereocenters. The predicted molar refractivity (Wildman–Crippen MR) is 156 cm³/mol. The molecule has 8 nitrogen and oxygen atoms in total. The summed E-state index contributed by atoms with van der Waals surface area (Å²) in [5.74, 6) is 6.34. The minimum absolute atomic E-state index is 0.0422. The molecular formula is C30H41N5O3S. The number of fused-ring (bicyclic) bond motifs is 1. The number of hydrogen-bond donors (Lipinski definition) is 1. The van der Waals surface area contributed by atoms with Gasteiger partial charge in [-0.25, -0.2) is 13.5 Å². The zero-order chi connectivity index (χ0) is 28.3. The number of aliphatic hydroxyl groups excluding tert-OH is 1. The van der Waals surface area contributed by atoms with Crippen LogP contribution in [0.4, 0.5) is 0 Å². The van der Waals surface area contributed by atoms with Crippen molar-refractivity contribution in [2.75, 3.05) is 60.5 Å². The third-order valence-electron chi connectivity index (χ3n) is 7.06. The number of pyridine rings is 1. The van der Waals surface area contributed by atoms with Crippen molar-refractivity contribution in [3.63, 3.8) is 0 Å². The number of carbonyl (C=O) groups excluding carboxylic acids is 1. The standard InChI is InChI=1S/C30H41N5O3S/c1-30(2,3)39(38)35-21-24-20-25(29(37)34-16-14-33(6)15-17-34)31-28(27(24)26(35)12-18-36)23-11-7-9-22(19-23)10-8-13-32(4)5/h7,9,11,19-20,26,36H,12-18,21H2,1-6H3/t26-,39-/m0/s1. The Kier molecular flexibility index (Phi) is 9.25. The molecule has 2 aliphatic heterocycles. The first-order chi connectivity index (χ1) is 18.5. The number of likely N-dealkylation sites (N-methyl/N-ethyl adjacent to an activating group) is 1. The largest absolute Gasteiger partial charge is 0.396 e. The van der Waals surface area contributed by atoms with Crippen molar-refractivity contribution in [3.8, 4) is 23.1 Å². The molecule has 1 aromatic heterocycles. The molecule has 1 aromatic carbocycles. The smallest absolute Gasteiger partial charge is 0.272 e.